The number of nitrogen functional groups attached to an aromatic ring is 1. The van der Waals surface area contributed by atoms with Gasteiger partial charge in [-0.3, -0.25) is 0 Å². The van der Waals surface area contributed by atoms with Gasteiger partial charge in [0.1, 0.15) is 10.2 Å². The molecule has 2 aromatic heterocycles. The molecule has 0 amide bonds. The molecule has 106 valence electrons. The molecule has 0 saturated heterocycles. The van der Waals surface area contributed by atoms with E-state index >= 15 is 0 Å². The minimum absolute atomic E-state index is 0.155. The highest BCUT2D eigenvalue weighted by atomic mass is 35.5. The number of benzene rings is 1. The first-order valence-electron chi connectivity index (χ1n) is 6.18. The van der Waals surface area contributed by atoms with E-state index in [1.54, 1.807) is 6.07 Å². The number of nitrogens with two attached hydrogens (primary N) is 1. The molecule has 3 rings (SSSR count). The fourth-order valence-electron chi connectivity index (χ4n) is 1.92. The van der Waals surface area contributed by atoms with E-state index < -0.39 is 0 Å². The lowest BCUT2D eigenvalue weighted by atomic mass is 10.2. The summed E-state index contributed by atoms with van der Waals surface area (Å²) in [6.45, 7) is 0. The van der Waals surface area contributed by atoms with Crippen molar-refractivity contribution in [3.8, 4) is 11.3 Å². The smallest absolute Gasteiger partial charge is 0.222 e. The topological polar surface area (TPSA) is 69.6 Å². The second-order valence-electron chi connectivity index (χ2n) is 4.34. The summed E-state index contributed by atoms with van der Waals surface area (Å²) >= 11 is 7.28. The lowest BCUT2D eigenvalue weighted by molar-refractivity contribution is 0.795. The van der Waals surface area contributed by atoms with Gasteiger partial charge in [-0.05, 0) is 17.3 Å². The normalized spacial score (nSPS) is 10.8. The monoisotopic (exact) mass is 317 g/mol. The zero-order valence-electron chi connectivity index (χ0n) is 11.2. The molecular formula is C14H12ClN5S. The second-order valence-corrected chi connectivity index (χ2v) is 5.72. The highest BCUT2D eigenvalue weighted by Crippen LogP contribution is 2.30. The minimum Gasteiger partial charge on any atom is -0.368 e. The Morgan fingerprint density at radius 2 is 1.95 bits per heavy atom. The first-order chi connectivity index (χ1) is 10.1. The summed E-state index contributed by atoms with van der Waals surface area (Å²) in [4.78, 5) is 12.4. The molecule has 0 spiro atoms. The van der Waals surface area contributed by atoms with Gasteiger partial charge in [0.2, 0.25) is 5.95 Å². The maximum absolute atomic E-state index is 5.89. The summed E-state index contributed by atoms with van der Waals surface area (Å²) < 4.78 is 2.01. The lowest BCUT2D eigenvalue weighted by Gasteiger charge is -2.06. The van der Waals surface area contributed by atoms with Crippen LogP contribution in [0.5, 0.6) is 0 Å². The highest BCUT2D eigenvalue weighted by molar-refractivity contribution is 7.99. The molecule has 0 unspecified atom stereocenters. The lowest BCUT2D eigenvalue weighted by Crippen LogP contribution is -1.98. The Balaban J connectivity index is 1.92. The van der Waals surface area contributed by atoms with Crippen molar-refractivity contribution in [1.82, 2.24) is 19.5 Å². The molecule has 0 aliphatic carbocycles. The average molecular weight is 318 g/mol. The summed E-state index contributed by atoms with van der Waals surface area (Å²) in [5, 5.41) is 1.80. The number of nitrogens with zero attached hydrogens (tertiary/aromatic N) is 4. The van der Waals surface area contributed by atoms with Crippen molar-refractivity contribution >= 4 is 29.3 Å². The van der Waals surface area contributed by atoms with Gasteiger partial charge in [-0.1, -0.05) is 41.9 Å². The molecule has 7 heteroatoms. The van der Waals surface area contributed by atoms with Crippen LogP contribution >= 0.6 is 23.4 Å². The quantitative estimate of drug-likeness (QED) is 0.751. The maximum Gasteiger partial charge on any atom is 0.222 e. The fraction of sp³-hybridized carbons (Fsp3) is 0.0714. The van der Waals surface area contributed by atoms with Crippen molar-refractivity contribution in [1.29, 1.82) is 0 Å². The maximum atomic E-state index is 5.89. The number of imidazole rings is 1. The SMILES string of the molecule is Cn1c(-c2ccccc2)cnc1Sc1cc(Cl)nc(N)n1. The predicted octanol–water partition coefficient (Wildman–Crippen LogP) is 3.26. The first-order valence-corrected chi connectivity index (χ1v) is 7.38. The molecule has 3 aromatic rings. The number of hydrogen-bond acceptors (Lipinski definition) is 5. The largest absolute Gasteiger partial charge is 0.368 e. The van der Waals surface area contributed by atoms with E-state index in [9.17, 15) is 0 Å². The number of rotatable bonds is 3. The molecule has 0 bridgehead atoms. The fourth-order valence-corrected chi connectivity index (χ4v) is 3.02. The minimum atomic E-state index is 0.155. The third kappa shape index (κ3) is 3.01. The Labute approximate surface area is 131 Å². The van der Waals surface area contributed by atoms with Crippen LogP contribution < -0.4 is 5.73 Å². The van der Waals surface area contributed by atoms with E-state index in [1.165, 1.54) is 11.8 Å². The van der Waals surface area contributed by atoms with Gasteiger partial charge in [0.15, 0.2) is 5.16 Å². The van der Waals surface area contributed by atoms with E-state index in [0.29, 0.717) is 10.2 Å². The van der Waals surface area contributed by atoms with Gasteiger partial charge >= 0.3 is 0 Å². The third-order valence-corrected chi connectivity index (χ3v) is 4.07. The zero-order valence-corrected chi connectivity index (χ0v) is 12.8. The van der Waals surface area contributed by atoms with Crippen LogP contribution in [0.15, 0.2) is 52.8 Å². The molecule has 2 N–H and O–H groups in total. The van der Waals surface area contributed by atoms with Gasteiger partial charge < -0.3 is 10.3 Å². The third-order valence-electron chi connectivity index (χ3n) is 2.90. The van der Waals surface area contributed by atoms with Crippen LogP contribution in [-0.4, -0.2) is 19.5 Å². The van der Waals surface area contributed by atoms with Crippen LogP contribution in [0.4, 0.5) is 5.95 Å². The van der Waals surface area contributed by atoms with Crippen LogP contribution in [0.25, 0.3) is 11.3 Å². The Hall–Kier alpha value is -2.05. The van der Waals surface area contributed by atoms with Crippen molar-refractivity contribution in [2.45, 2.75) is 10.2 Å². The predicted molar refractivity (Wildman–Crippen MR) is 84.2 cm³/mol. The van der Waals surface area contributed by atoms with Gasteiger partial charge in [-0.25, -0.2) is 15.0 Å². The van der Waals surface area contributed by atoms with Crippen molar-refractivity contribution in [2.24, 2.45) is 7.05 Å². The summed E-state index contributed by atoms with van der Waals surface area (Å²) in [6.07, 6.45) is 1.84. The number of anilines is 1. The van der Waals surface area contributed by atoms with Crippen molar-refractivity contribution in [2.75, 3.05) is 5.73 Å². The summed E-state index contributed by atoms with van der Waals surface area (Å²) in [5.41, 5.74) is 7.74. The van der Waals surface area contributed by atoms with Crippen molar-refractivity contribution < 1.29 is 0 Å². The Morgan fingerprint density at radius 3 is 2.67 bits per heavy atom. The van der Waals surface area contributed by atoms with Crippen molar-refractivity contribution in [3.63, 3.8) is 0 Å². The Kier molecular flexibility index (Phi) is 3.81. The van der Waals surface area contributed by atoms with Gasteiger partial charge in [0.25, 0.3) is 0 Å². The number of halogens is 1. The molecule has 0 aliphatic rings. The van der Waals surface area contributed by atoms with Crippen LogP contribution in [0.1, 0.15) is 0 Å². The molecule has 0 radical (unpaired) electrons. The first kappa shape index (κ1) is 13.9. The van der Waals surface area contributed by atoms with Crippen LogP contribution in [0.3, 0.4) is 0 Å². The molecule has 2 heterocycles. The Bertz CT molecular complexity index is 752. The van der Waals surface area contributed by atoms with Gasteiger partial charge in [-0.2, -0.15) is 0 Å². The van der Waals surface area contributed by atoms with Gasteiger partial charge in [0, 0.05) is 13.1 Å². The molecule has 0 atom stereocenters. The molecule has 0 saturated carbocycles. The van der Waals surface area contributed by atoms with E-state index in [-0.39, 0.29) is 5.95 Å². The van der Waals surface area contributed by atoms with Gasteiger partial charge in [-0.15, -0.1) is 0 Å². The molecule has 0 aliphatic heterocycles. The van der Waals surface area contributed by atoms with Crippen LogP contribution in [0.2, 0.25) is 5.15 Å². The molecular weight excluding hydrogens is 306 g/mol. The average Bonchev–Trinajstić information content (AvgIpc) is 2.80. The summed E-state index contributed by atoms with van der Waals surface area (Å²) in [5.74, 6) is 0.155. The Morgan fingerprint density at radius 1 is 1.19 bits per heavy atom. The van der Waals surface area contributed by atoms with E-state index in [2.05, 4.69) is 15.0 Å². The summed E-state index contributed by atoms with van der Waals surface area (Å²) in [6, 6.07) is 11.7. The second kappa shape index (κ2) is 5.75. The standard InChI is InChI=1S/C14H12ClN5S/c1-20-10(9-5-3-2-4-6-9)8-17-14(20)21-12-7-11(15)18-13(16)19-12/h2-8H,1H3,(H2,16,18,19). The van der Waals surface area contributed by atoms with Crippen molar-refractivity contribution in [3.05, 3.63) is 47.7 Å². The molecule has 5 nitrogen and oxygen atoms in total. The van der Waals surface area contributed by atoms with Gasteiger partial charge in [0.05, 0.1) is 11.9 Å². The van der Waals surface area contributed by atoms with E-state index in [4.69, 9.17) is 17.3 Å². The van der Waals surface area contributed by atoms with E-state index in [0.717, 1.165) is 16.4 Å². The number of hydrogen-bond donors (Lipinski definition) is 1. The van der Waals surface area contributed by atoms with E-state index in [1.807, 2.05) is 48.1 Å². The molecule has 0 fully saturated rings. The summed E-state index contributed by atoms with van der Waals surface area (Å²) in [7, 11) is 1.96. The molecule has 21 heavy (non-hydrogen) atoms. The van der Waals surface area contributed by atoms with Crippen LogP contribution in [-0.2, 0) is 7.05 Å². The van der Waals surface area contributed by atoms with Crippen LogP contribution in [0, 0.1) is 0 Å². The zero-order chi connectivity index (χ0) is 14.8. The number of aromatic nitrogens is 4. The molecule has 1 aromatic carbocycles. The highest BCUT2D eigenvalue weighted by Gasteiger charge is 2.11.